The summed E-state index contributed by atoms with van der Waals surface area (Å²) in [6.45, 7) is 3.72. The maximum absolute atomic E-state index is 9.75. The largest absolute Gasteiger partial charge is 0.673 e. The highest BCUT2D eigenvalue weighted by molar-refractivity contribution is 6.50. The van der Waals surface area contributed by atoms with Crippen molar-refractivity contribution in [1.29, 1.82) is 0 Å². The van der Waals surface area contributed by atoms with Gasteiger partial charge in [0.2, 0.25) is 0 Å². The van der Waals surface area contributed by atoms with E-state index in [1.54, 1.807) is 0 Å². The average molecular weight is 178 g/mol. The van der Waals surface area contributed by atoms with Gasteiger partial charge in [0.25, 0.3) is 0 Å². The second kappa shape index (κ2) is 4.80. The van der Waals surface area contributed by atoms with E-state index in [-0.39, 0.29) is 0 Å². The van der Waals surface area contributed by atoms with Crippen LogP contribution in [0.1, 0.15) is 5.56 Å². The zero-order valence-corrected chi connectivity index (χ0v) is 6.18. The van der Waals surface area contributed by atoms with Gasteiger partial charge in [0.15, 0.2) is 0 Å². The van der Waals surface area contributed by atoms with Gasteiger partial charge < -0.3 is 17.3 Å². The van der Waals surface area contributed by atoms with Gasteiger partial charge in [-0.3, -0.25) is 0 Å². The second-order valence-corrected chi connectivity index (χ2v) is 1.98. The average Bonchev–Trinajstić information content (AvgIpc) is 1.85. The zero-order chi connectivity index (χ0) is 9.61. The first-order chi connectivity index (χ1) is 5.39. The van der Waals surface area contributed by atoms with Crippen molar-refractivity contribution in [1.82, 2.24) is 0 Å². The highest BCUT2D eigenvalue weighted by Crippen LogP contribution is 2.06. The standard InChI is InChI=1S/C7H7.BF4/c1-7-5-3-2-4-6-7;2-1(3,4)5/h2-6H,1H2;/q;-1. The fourth-order valence-electron chi connectivity index (χ4n) is 0.478. The highest BCUT2D eigenvalue weighted by atomic mass is 19.5. The molecule has 0 atom stereocenters. The lowest BCUT2D eigenvalue weighted by Gasteiger charge is -1.94. The van der Waals surface area contributed by atoms with Crippen molar-refractivity contribution in [2.75, 3.05) is 0 Å². The van der Waals surface area contributed by atoms with Crippen molar-refractivity contribution in [2.24, 2.45) is 0 Å². The van der Waals surface area contributed by atoms with E-state index >= 15 is 0 Å². The van der Waals surface area contributed by atoms with Crippen LogP contribution in [0, 0.1) is 6.92 Å². The van der Waals surface area contributed by atoms with Crippen LogP contribution in [0.3, 0.4) is 0 Å². The van der Waals surface area contributed by atoms with Crippen molar-refractivity contribution < 1.29 is 17.3 Å². The Hall–Kier alpha value is -0.995. The minimum Gasteiger partial charge on any atom is -0.418 e. The van der Waals surface area contributed by atoms with Gasteiger partial charge in [-0.2, -0.15) is 0 Å². The van der Waals surface area contributed by atoms with Crippen LogP contribution in [-0.4, -0.2) is 7.25 Å². The van der Waals surface area contributed by atoms with Gasteiger partial charge in [0.05, 0.1) is 0 Å². The third-order valence-corrected chi connectivity index (χ3v) is 0.843. The second-order valence-electron chi connectivity index (χ2n) is 1.98. The lowest BCUT2D eigenvalue weighted by molar-refractivity contribution is 0.368. The van der Waals surface area contributed by atoms with Crippen LogP contribution in [-0.2, 0) is 0 Å². The Bertz CT molecular complexity index is 200. The first-order valence-corrected chi connectivity index (χ1v) is 3.14. The van der Waals surface area contributed by atoms with Gasteiger partial charge in [0.1, 0.15) is 0 Å². The van der Waals surface area contributed by atoms with Crippen molar-refractivity contribution in [3.8, 4) is 0 Å². The molecule has 1 radical (unpaired) electrons. The quantitative estimate of drug-likeness (QED) is 0.422. The molecule has 0 aromatic heterocycles. The smallest absolute Gasteiger partial charge is 0.418 e. The van der Waals surface area contributed by atoms with E-state index < -0.39 is 7.25 Å². The SMILES string of the molecule is F[B-](F)(F)F.[CH2]c1ccccc1. The molecule has 0 saturated heterocycles. The van der Waals surface area contributed by atoms with E-state index in [9.17, 15) is 17.3 Å². The van der Waals surface area contributed by atoms with Gasteiger partial charge in [-0.15, -0.1) is 0 Å². The van der Waals surface area contributed by atoms with Crippen molar-refractivity contribution in [2.45, 2.75) is 0 Å². The molecule has 0 spiro atoms. The Morgan fingerprint density at radius 3 is 1.42 bits per heavy atom. The number of benzene rings is 1. The molecule has 12 heavy (non-hydrogen) atoms. The molecule has 0 heterocycles. The maximum Gasteiger partial charge on any atom is 0.673 e. The van der Waals surface area contributed by atoms with E-state index in [0.29, 0.717) is 0 Å². The predicted molar refractivity (Wildman–Crippen MR) is 41.1 cm³/mol. The fourth-order valence-corrected chi connectivity index (χ4v) is 0.478. The summed E-state index contributed by atoms with van der Waals surface area (Å²) in [4.78, 5) is 0. The third-order valence-electron chi connectivity index (χ3n) is 0.843. The van der Waals surface area contributed by atoms with Crippen LogP contribution in [0.5, 0.6) is 0 Å². The van der Waals surface area contributed by atoms with E-state index in [4.69, 9.17) is 0 Å². The lowest BCUT2D eigenvalue weighted by atomic mass is 10.2. The molecule has 0 amide bonds. The molecule has 0 N–H and O–H groups in total. The number of halogens is 4. The Morgan fingerprint density at radius 1 is 0.917 bits per heavy atom. The minimum atomic E-state index is -6.00. The Kier molecular flexibility index (Phi) is 4.40. The molecule has 0 unspecified atom stereocenters. The molecule has 0 fully saturated rings. The van der Waals surface area contributed by atoms with Gasteiger partial charge in [0, 0.05) is 0 Å². The topological polar surface area (TPSA) is 0 Å². The van der Waals surface area contributed by atoms with Crippen molar-refractivity contribution in [3.05, 3.63) is 42.8 Å². The van der Waals surface area contributed by atoms with Crippen molar-refractivity contribution >= 4 is 7.25 Å². The van der Waals surface area contributed by atoms with E-state index in [2.05, 4.69) is 6.92 Å². The molecule has 1 aromatic rings. The molecule has 0 nitrogen and oxygen atoms in total. The first kappa shape index (κ1) is 11.0. The number of hydrogen-bond donors (Lipinski definition) is 0. The normalized spacial score (nSPS) is 10.1. The van der Waals surface area contributed by atoms with Crippen LogP contribution >= 0.6 is 0 Å². The van der Waals surface area contributed by atoms with E-state index in [0.717, 1.165) is 5.56 Å². The molecule has 0 aliphatic heterocycles. The highest BCUT2D eigenvalue weighted by Gasteiger charge is 2.20. The summed E-state index contributed by atoms with van der Waals surface area (Å²) >= 11 is 0. The first-order valence-electron chi connectivity index (χ1n) is 3.14. The zero-order valence-electron chi connectivity index (χ0n) is 6.18. The Balaban J connectivity index is 0.000000217. The minimum absolute atomic E-state index is 1.07. The van der Waals surface area contributed by atoms with Crippen LogP contribution in [0.25, 0.3) is 0 Å². The van der Waals surface area contributed by atoms with Crippen LogP contribution in [0.4, 0.5) is 17.3 Å². The summed E-state index contributed by atoms with van der Waals surface area (Å²) in [6.07, 6.45) is 0. The molecule has 67 valence electrons. The molecule has 0 aliphatic carbocycles. The molecule has 1 aromatic carbocycles. The molecule has 1 rings (SSSR count). The molecule has 0 saturated carbocycles. The summed E-state index contributed by atoms with van der Waals surface area (Å²) in [6, 6.07) is 9.87. The van der Waals surface area contributed by atoms with Crippen LogP contribution < -0.4 is 0 Å². The molecule has 5 heteroatoms. The number of hydrogen-bond acceptors (Lipinski definition) is 0. The Morgan fingerprint density at radius 2 is 1.25 bits per heavy atom. The third kappa shape index (κ3) is 11.8. The molecular weight excluding hydrogens is 171 g/mol. The van der Waals surface area contributed by atoms with Gasteiger partial charge in [-0.1, -0.05) is 30.3 Å². The molecule has 0 aliphatic rings. The van der Waals surface area contributed by atoms with Gasteiger partial charge in [-0.05, 0) is 12.5 Å². The fraction of sp³-hybridized carbons (Fsp3) is 0. The summed E-state index contributed by atoms with van der Waals surface area (Å²) in [5, 5.41) is 0. The summed E-state index contributed by atoms with van der Waals surface area (Å²) in [7, 11) is -6.00. The predicted octanol–water partition coefficient (Wildman–Crippen LogP) is 3.17. The van der Waals surface area contributed by atoms with E-state index in [1.807, 2.05) is 30.3 Å². The molecule has 0 bridgehead atoms. The maximum atomic E-state index is 9.75. The van der Waals surface area contributed by atoms with Crippen LogP contribution in [0.2, 0.25) is 0 Å². The molecular formula is C7H7BF4-. The van der Waals surface area contributed by atoms with Crippen molar-refractivity contribution in [3.63, 3.8) is 0 Å². The van der Waals surface area contributed by atoms with Gasteiger partial charge in [-0.25, -0.2) is 0 Å². The monoisotopic (exact) mass is 178 g/mol. The summed E-state index contributed by atoms with van der Waals surface area (Å²) in [5.41, 5.74) is 1.07. The Labute approximate surface area is 68.3 Å². The van der Waals surface area contributed by atoms with Crippen LogP contribution in [0.15, 0.2) is 30.3 Å². The van der Waals surface area contributed by atoms with Gasteiger partial charge >= 0.3 is 7.25 Å². The van der Waals surface area contributed by atoms with E-state index in [1.165, 1.54) is 0 Å². The summed E-state index contributed by atoms with van der Waals surface area (Å²) in [5.74, 6) is 0. The summed E-state index contributed by atoms with van der Waals surface area (Å²) < 4.78 is 39.0. The number of rotatable bonds is 0. The lowest BCUT2D eigenvalue weighted by Crippen LogP contribution is -2.02.